The van der Waals surface area contributed by atoms with Crippen LogP contribution in [0.5, 0.6) is 0 Å². The van der Waals surface area contributed by atoms with E-state index in [9.17, 15) is 14.4 Å². The molecule has 2 N–H and O–H groups in total. The van der Waals surface area contributed by atoms with Gasteiger partial charge in [-0.3, -0.25) is 9.59 Å². The SMILES string of the molecule is CCCCCCCCN(C(=O)C(C)NC(=O)OC(C)(C)C)C(C(=O)NC(C)(C)C)c1cc(C)ccc1C. The Morgan fingerprint density at radius 2 is 1.54 bits per heavy atom. The van der Waals surface area contributed by atoms with Crippen LogP contribution in [0.4, 0.5) is 4.79 Å². The summed E-state index contributed by atoms with van der Waals surface area (Å²) >= 11 is 0. The minimum absolute atomic E-state index is 0.231. The van der Waals surface area contributed by atoms with Crippen molar-refractivity contribution in [3.05, 3.63) is 34.9 Å². The first-order valence-electron chi connectivity index (χ1n) is 13.7. The number of carbonyl (C=O) groups is 3. The van der Waals surface area contributed by atoms with Crippen LogP contribution in [0.25, 0.3) is 0 Å². The van der Waals surface area contributed by atoms with Gasteiger partial charge in [-0.2, -0.15) is 0 Å². The highest BCUT2D eigenvalue weighted by atomic mass is 16.6. The molecule has 0 saturated heterocycles. The van der Waals surface area contributed by atoms with Crippen molar-refractivity contribution in [1.29, 1.82) is 0 Å². The van der Waals surface area contributed by atoms with Crippen LogP contribution in [0.1, 0.15) is 117 Å². The smallest absolute Gasteiger partial charge is 0.408 e. The minimum atomic E-state index is -0.856. The average molecular weight is 518 g/mol. The summed E-state index contributed by atoms with van der Waals surface area (Å²) < 4.78 is 5.37. The molecule has 1 aromatic carbocycles. The third-order valence-electron chi connectivity index (χ3n) is 5.93. The zero-order valence-corrected chi connectivity index (χ0v) is 24.9. The van der Waals surface area contributed by atoms with Gasteiger partial charge < -0.3 is 20.3 Å². The van der Waals surface area contributed by atoms with E-state index in [0.29, 0.717) is 6.54 Å². The van der Waals surface area contributed by atoms with E-state index in [1.807, 2.05) is 52.8 Å². The van der Waals surface area contributed by atoms with Crippen molar-refractivity contribution in [3.63, 3.8) is 0 Å². The van der Waals surface area contributed by atoms with Gasteiger partial charge in [-0.1, -0.05) is 62.8 Å². The first kappa shape index (κ1) is 32.5. The second kappa shape index (κ2) is 14.4. The van der Waals surface area contributed by atoms with E-state index < -0.39 is 29.3 Å². The van der Waals surface area contributed by atoms with E-state index in [2.05, 4.69) is 17.6 Å². The fraction of sp³-hybridized carbons (Fsp3) is 0.700. The van der Waals surface area contributed by atoms with Gasteiger partial charge in [0.25, 0.3) is 0 Å². The molecule has 0 radical (unpaired) electrons. The molecule has 2 atom stereocenters. The zero-order valence-electron chi connectivity index (χ0n) is 24.9. The summed E-state index contributed by atoms with van der Waals surface area (Å²) in [4.78, 5) is 41.7. The third-order valence-corrected chi connectivity index (χ3v) is 5.93. The van der Waals surface area contributed by atoms with Crippen molar-refractivity contribution in [2.75, 3.05) is 6.54 Å². The molecular weight excluding hydrogens is 466 g/mol. The van der Waals surface area contributed by atoms with Crippen LogP contribution in [-0.2, 0) is 14.3 Å². The molecule has 0 fully saturated rings. The lowest BCUT2D eigenvalue weighted by Crippen LogP contribution is -2.54. The Hall–Kier alpha value is -2.57. The Bertz CT molecular complexity index is 899. The van der Waals surface area contributed by atoms with Crippen molar-refractivity contribution < 1.29 is 19.1 Å². The monoisotopic (exact) mass is 517 g/mol. The quantitative estimate of drug-likeness (QED) is 0.316. The van der Waals surface area contributed by atoms with Crippen LogP contribution < -0.4 is 10.6 Å². The first-order chi connectivity index (χ1) is 17.1. The summed E-state index contributed by atoms with van der Waals surface area (Å²) in [6.07, 6.45) is 5.70. The molecule has 1 rings (SSSR count). The van der Waals surface area contributed by atoms with E-state index in [1.54, 1.807) is 32.6 Å². The summed E-state index contributed by atoms with van der Waals surface area (Å²) in [7, 11) is 0. The van der Waals surface area contributed by atoms with Crippen LogP contribution in [0.3, 0.4) is 0 Å². The number of rotatable bonds is 12. The largest absolute Gasteiger partial charge is 0.444 e. The topological polar surface area (TPSA) is 87.7 Å². The molecule has 0 aromatic heterocycles. The Morgan fingerprint density at radius 3 is 2.11 bits per heavy atom. The van der Waals surface area contributed by atoms with Crippen molar-refractivity contribution in [2.45, 2.75) is 131 Å². The highest BCUT2D eigenvalue weighted by Crippen LogP contribution is 2.28. The molecule has 0 heterocycles. The van der Waals surface area contributed by atoms with Crippen LogP contribution in [0, 0.1) is 13.8 Å². The standard InChI is InChI=1S/C30H51N3O4/c1-11-12-13-14-15-16-19-33(27(35)23(4)31-28(36)37-30(8,9)10)25(26(34)32-29(5,6)7)24-20-21(2)17-18-22(24)3/h17-18,20,23,25H,11-16,19H2,1-10H3,(H,31,36)(H,32,34). The molecule has 2 unspecified atom stereocenters. The Morgan fingerprint density at radius 1 is 0.946 bits per heavy atom. The molecular formula is C30H51N3O4. The number of ether oxygens (including phenoxy) is 1. The predicted octanol–water partition coefficient (Wildman–Crippen LogP) is 6.36. The maximum atomic E-state index is 13.9. The van der Waals surface area contributed by atoms with Crippen LogP contribution in [-0.4, -0.2) is 46.5 Å². The van der Waals surface area contributed by atoms with Crippen LogP contribution in [0.15, 0.2) is 18.2 Å². The molecule has 0 aliphatic rings. The van der Waals surface area contributed by atoms with Gasteiger partial charge in [-0.15, -0.1) is 0 Å². The van der Waals surface area contributed by atoms with Gasteiger partial charge in [-0.05, 0) is 79.9 Å². The summed E-state index contributed by atoms with van der Waals surface area (Å²) in [5.41, 5.74) is 1.60. The highest BCUT2D eigenvalue weighted by molar-refractivity contribution is 5.92. The first-order valence-corrected chi connectivity index (χ1v) is 13.7. The number of amides is 3. The molecule has 7 heteroatoms. The predicted molar refractivity (Wildman–Crippen MR) is 150 cm³/mol. The van der Waals surface area contributed by atoms with E-state index >= 15 is 0 Å². The fourth-order valence-corrected chi connectivity index (χ4v) is 4.17. The van der Waals surface area contributed by atoms with Crippen molar-refractivity contribution in [2.24, 2.45) is 0 Å². The third kappa shape index (κ3) is 12.0. The summed E-state index contributed by atoms with van der Waals surface area (Å²) in [6.45, 7) is 19.3. The fourth-order valence-electron chi connectivity index (χ4n) is 4.17. The zero-order chi connectivity index (χ0) is 28.4. The molecule has 37 heavy (non-hydrogen) atoms. The maximum absolute atomic E-state index is 13.9. The normalized spacial score (nSPS) is 13.5. The van der Waals surface area contributed by atoms with Crippen LogP contribution in [0.2, 0.25) is 0 Å². The number of nitrogens with one attached hydrogen (secondary N) is 2. The van der Waals surface area contributed by atoms with Gasteiger partial charge in [0.2, 0.25) is 11.8 Å². The van der Waals surface area contributed by atoms with E-state index in [1.165, 1.54) is 12.8 Å². The van der Waals surface area contributed by atoms with Crippen molar-refractivity contribution in [3.8, 4) is 0 Å². The molecule has 0 aliphatic carbocycles. The van der Waals surface area contributed by atoms with E-state index in [-0.39, 0.29) is 11.8 Å². The average Bonchev–Trinajstić information content (AvgIpc) is 2.74. The van der Waals surface area contributed by atoms with Gasteiger partial charge in [0.05, 0.1) is 0 Å². The molecule has 210 valence electrons. The number of nitrogens with zero attached hydrogens (tertiary/aromatic N) is 1. The Labute approximate surface area is 225 Å². The second-order valence-electron chi connectivity index (χ2n) is 12.2. The van der Waals surface area contributed by atoms with E-state index in [0.717, 1.165) is 42.4 Å². The molecule has 7 nitrogen and oxygen atoms in total. The number of hydrogen-bond acceptors (Lipinski definition) is 4. The highest BCUT2D eigenvalue weighted by Gasteiger charge is 2.36. The Balaban J connectivity index is 3.37. The molecule has 3 amide bonds. The summed E-state index contributed by atoms with van der Waals surface area (Å²) in [5.74, 6) is -0.542. The van der Waals surface area contributed by atoms with Gasteiger partial charge >= 0.3 is 6.09 Å². The van der Waals surface area contributed by atoms with Gasteiger partial charge in [-0.25, -0.2) is 4.79 Å². The molecule has 0 aliphatic heterocycles. The van der Waals surface area contributed by atoms with Crippen molar-refractivity contribution >= 4 is 17.9 Å². The van der Waals surface area contributed by atoms with Gasteiger partial charge in [0.15, 0.2) is 0 Å². The molecule has 1 aromatic rings. The van der Waals surface area contributed by atoms with Gasteiger partial charge in [0.1, 0.15) is 17.7 Å². The number of aryl methyl sites for hydroxylation is 2. The number of carbonyl (C=O) groups excluding carboxylic acids is 3. The lowest BCUT2D eigenvalue weighted by Gasteiger charge is -2.36. The lowest BCUT2D eigenvalue weighted by atomic mass is 9.95. The molecule has 0 bridgehead atoms. The minimum Gasteiger partial charge on any atom is -0.444 e. The van der Waals surface area contributed by atoms with E-state index in [4.69, 9.17) is 4.74 Å². The number of alkyl carbamates (subject to hydrolysis) is 1. The molecule has 0 saturated carbocycles. The number of benzene rings is 1. The van der Waals surface area contributed by atoms with Crippen LogP contribution >= 0.6 is 0 Å². The molecule has 0 spiro atoms. The summed E-state index contributed by atoms with van der Waals surface area (Å²) in [6, 6.07) is 4.30. The number of hydrogen-bond donors (Lipinski definition) is 2. The Kier molecular flexibility index (Phi) is 12.6. The summed E-state index contributed by atoms with van der Waals surface area (Å²) in [5, 5.41) is 5.75. The van der Waals surface area contributed by atoms with Gasteiger partial charge in [0, 0.05) is 12.1 Å². The second-order valence-corrected chi connectivity index (χ2v) is 12.2. The lowest BCUT2D eigenvalue weighted by molar-refractivity contribution is -0.142. The maximum Gasteiger partial charge on any atom is 0.408 e. The number of unbranched alkanes of at least 4 members (excludes halogenated alkanes) is 5. The van der Waals surface area contributed by atoms with Crippen molar-refractivity contribution in [1.82, 2.24) is 15.5 Å².